The second kappa shape index (κ2) is 8.76. The number of rotatable bonds is 6. The summed E-state index contributed by atoms with van der Waals surface area (Å²) >= 11 is 13.1. The average Bonchev–Trinajstić information content (AvgIpc) is 3.11. The number of thioether (sulfide) groups is 1. The van der Waals surface area contributed by atoms with Crippen LogP contribution in [0, 0.1) is 6.92 Å². The number of halogens is 2. The first kappa shape index (κ1) is 20.4. The molecular formula is C17H16Cl2N6O2S. The molecule has 0 saturated carbocycles. The Morgan fingerprint density at radius 3 is 2.82 bits per heavy atom. The van der Waals surface area contributed by atoms with Crippen molar-refractivity contribution in [3.63, 3.8) is 0 Å². The van der Waals surface area contributed by atoms with Crippen LogP contribution in [0.5, 0.6) is 5.75 Å². The van der Waals surface area contributed by atoms with Crippen LogP contribution in [0.1, 0.15) is 12.5 Å². The van der Waals surface area contributed by atoms with Crippen molar-refractivity contribution in [2.75, 3.05) is 12.4 Å². The normalized spacial score (nSPS) is 11.9. The number of anilines is 1. The van der Waals surface area contributed by atoms with Gasteiger partial charge < -0.3 is 10.1 Å². The second-order valence-corrected chi connectivity index (χ2v) is 7.93. The maximum atomic E-state index is 12.5. The van der Waals surface area contributed by atoms with Gasteiger partial charge in [0.15, 0.2) is 5.82 Å². The molecule has 0 aliphatic carbocycles. The zero-order valence-corrected chi connectivity index (χ0v) is 17.5. The molecule has 146 valence electrons. The molecule has 0 aliphatic heterocycles. The van der Waals surface area contributed by atoms with Gasteiger partial charge in [0, 0.05) is 6.20 Å². The van der Waals surface area contributed by atoms with E-state index in [0.29, 0.717) is 21.6 Å². The third kappa shape index (κ3) is 4.54. The first-order valence-electron chi connectivity index (χ1n) is 8.11. The van der Waals surface area contributed by atoms with Gasteiger partial charge in [0.25, 0.3) is 0 Å². The number of benzene rings is 1. The molecule has 0 fully saturated rings. The number of hydrogen-bond donors (Lipinski definition) is 1. The van der Waals surface area contributed by atoms with Gasteiger partial charge >= 0.3 is 0 Å². The van der Waals surface area contributed by atoms with Gasteiger partial charge in [0.1, 0.15) is 11.4 Å². The molecule has 0 saturated heterocycles. The number of nitrogens with one attached hydrogen (secondary N) is 1. The van der Waals surface area contributed by atoms with E-state index in [0.717, 1.165) is 5.56 Å². The Bertz CT molecular complexity index is 1010. The highest BCUT2D eigenvalue weighted by Crippen LogP contribution is 2.29. The monoisotopic (exact) mass is 438 g/mol. The Morgan fingerprint density at radius 2 is 2.11 bits per heavy atom. The second-order valence-electron chi connectivity index (χ2n) is 5.78. The van der Waals surface area contributed by atoms with Crippen LogP contribution >= 0.6 is 35.0 Å². The number of carbonyl (C=O) groups excluding carboxylic acids is 1. The van der Waals surface area contributed by atoms with E-state index in [2.05, 4.69) is 25.8 Å². The van der Waals surface area contributed by atoms with Crippen molar-refractivity contribution >= 4 is 46.7 Å². The lowest BCUT2D eigenvalue weighted by atomic mass is 10.2. The van der Waals surface area contributed by atoms with Gasteiger partial charge in [-0.1, -0.05) is 41.0 Å². The molecule has 0 unspecified atom stereocenters. The average molecular weight is 439 g/mol. The van der Waals surface area contributed by atoms with Crippen molar-refractivity contribution in [3.8, 4) is 11.4 Å². The van der Waals surface area contributed by atoms with E-state index >= 15 is 0 Å². The first-order chi connectivity index (χ1) is 13.4. The van der Waals surface area contributed by atoms with E-state index in [4.69, 9.17) is 27.9 Å². The van der Waals surface area contributed by atoms with Crippen molar-refractivity contribution in [1.82, 2.24) is 25.2 Å². The maximum Gasteiger partial charge on any atom is 0.238 e. The molecule has 28 heavy (non-hydrogen) atoms. The summed E-state index contributed by atoms with van der Waals surface area (Å²) in [7, 11) is 1.57. The zero-order valence-electron chi connectivity index (χ0n) is 15.2. The Labute approximate surface area is 175 Å². The molecular weight excluding hydrogens is 423 g/mol. The Hall–Kier alpha value is -2.36. The number of ether oxygens (including phenoxy) is 1. The number of pyridine rings is 1. The van der Waals surface area contributed by atoms with Crippen molar-refractivity contribution in [2.45, 2.75) is 24.3 Å². The van der Waals surface area contributed by atoms with Crippen LogP contribution in [0.15, 0.2) is 35.6 Å². The minimum Gasteiger partial charge on any atom is -0.494 e. The van der Waals surface area contributed by atoms with Gasteiger partial charge in [-0.2, -0.15) is 4.68 Å². The van der Waals surface area contributed by atoms with Crippen LogP contribution in [0.3, 0.4) is 0 Å². The maximum absolute atomic E-state index is 12.5. The van der Waals surface area contributed by atoms with Gasteiger partial charge in [0.2, 0.25) is 11.1 Å². The molecule has 11 heteroatoms. The quantitative estimate of drug-likeness (QED) is 0.584. The molecule has 0 spiro atoms. The van der Waals surface area contributed by atoms with Crippen LogP contribution in [-0.4, -0.2) is 43.5 Å². The number of methoxy groups -OCH3 is 1. The standard InChI is InChI=1S/C17H16Cl2N6O2S/c1-9-4-5-14(27-3)13(6-9)25-17(22-23-24-25)28-10(2)16(26)21-15-12(19)7-11(18)8-20-15/h4-8,10H,1-3H3,(H,20,21,26)/t10-/m1/s1. The van der Waals surface area contributed by atoms with Crippen molar-refractivity contribution in [1.29, 1.82) is 0 Å². The molecule has 0 radical (unpaired) electrons. The molecule has 3 rings (SSSR count). The van der Waals surface area contributed by atoms with Crippen LogP contribution in [-0.2, 0) is 4.79 Å². The lowest BCUT2D eigenvalue weighted by molar-refractivity contribution is -0.115. The van der Waals surface area contributed by atoms with E-state index in [1.54, 1.807) is 14.0 Å². The molecule has 2 aromatic heterocycles. The van der Waals surface area contributed by atoms with E-state index in [1.807, 2.05) is 25.1 Å². The van der Waals surface area contributed by atoms with Gasteiger partial charge in [-0.05, 0) is 48.0 Å². The zero-order chi connectivity index (χ0) is 20.3. The van der Waals surface area contributed by atoms with Crippen molar-refractivity contribution in [2.24, 2.45) is 0 Å². The predicted octanol–water partition coefficient (Wildman–Crippen LogP) is 3.80. The lowest BCUT2D eigenvalue weighted by Crippen LogP contribution is -2.23. The fourth-order valence-electron chi connectivity index (χ4n) is 2.31. The van der Waals surface area contributed by atoms with E-state index < -0.39 is 5.25 Å². The summed E-state index contributed by atoms with van der Waals surface area (Å²) < 4.78 is 6.93. The van der Waals surface area contributed by atoms with Crippen LogP contribution in [0.4, 0.5) is 5.82 Å². The highest BCUT2D eigenvalue weighted by Gasteiger charge is 2.21. The molecule has 1 amide bonds. The molecule has 0 bridgehead atoms. The highest BCUT2D eigenvalue weighted by molar-refractivity contribution is 8.00. The number of carbonyl (C=O) groups is 1. The number of hydrogen-bond acceptors (Lipinski definition) is 7. The number of aryl methyl sites for hydroxylation is 1. The lowest BCUT2D eigenvalue weighted by Gasteiger charge is -2.13. The largest absolute Gasteiger partial charge is 0.494 e. The van der Waals surface area contributed by atoms with Crippen LogP contribution < -0.4 is 10.1 Å². The number of aromatic nitrogens is 5. The molecule has 1 aromatic carbocycles. The number of tetrazole rings is 1. The topological polar surface area (TPSA) is 94.8 Å². The van der Waals surface area contributed by atoms with E-state index in [-0.39, 0.29) is 16.7 Å². The molecule has 1 atom stereocenters. The van der Waals surface area contributed by atoms with E-state index in [1.165, 1.54) is 28.7 Å². The Kier molecular flexibility index (Phi) is 6.38. The molecule has 3 aromatic rings. The number of nitrogens with zero attached hydrogens (tertiary/aromatic N) is 5. The van der Waals surface area contributed by atoms with Crippen molar-refractivity contribution in [3.05, 3.63) is 46.1 Å². The Balaban J connectivity index is 1.79. The molecule has 1 N–H and O–H groups in total. The summed E-state index contributed by atoms with van der Waals surface area (Å²) in [5.74, 6) is 0.560. The van der Waals surface area contributed by atoms with Gasteiger partial charge in [0.05, 0.1) is 22.4 Å². The first-order valence-corrected chi connectivity index (χ1v) is 9.74. The van der Waals surface area contributed by atoms with Crippen LogP contribution in [0.25, 0.3) is 5.69 Å². The van der Waals surface area contributed by atoms with Gasteiger partial charge in [-0.15, -0.1) is 5.10 Å². The third-order valence-corrected chi connectivity index (χ3v) is 5.23. The van der Waals surface area contributed by atoms with Crippen molar-refractivity contribution < 1.29 is 9.53 Å². The smallest absolute Gasteiger partial charge is 0.238 e. The van der Waals surface area contributed by atoms with Crippen LogP contribution in [0.2, 0.25) is 10.0 Å². The summed E-state index contributed by atoms with van der Waals surface area (Å²) in [6, 6.07) is 7.18. The summed E-state index contributed by atoms with van der Waals surface area (Å²) in [6.45, 7) is 3.69. The molecule has 8 nitrogen and oxygen atoms in total. The molecule has 0 aliphatic rings. The molecule has 2 heterocycles. The summed E-state index contributed by atoms with van der Waals surface area (Å²) in [5.41, 5.74) is 1.71. The van der Waals surface area contributed by atoms with E-state index in [9.17, 15) is 4.79 Å². The Morgan fingerprint density at radius 1 is 1.32 bits per heavy atom. The minimum absolute atomic E-state index is 0.239. The van der Waals surface area contributed by atoms with Gasteiger partial charge in [-0.3, -0.25) is 4.79 Å². The number of amides is 1. The SMILES string of the molecule is COc1ccc(C)cc1-n1nnnc1S[C@H](C)C(=O)Nc1ncc(Cl)cc1Cl. The summed E-state index contributed by atoms with van der Waals surface area (Å²) in [4.78, 5) is 16.6. The third-order valence-electron chi connectivity index (χ3n) is 3.70. The minimum atomic E-state index is -0.519. The fraction of sp³-hybridized carbons (Fsp3) is 0.235. The summed E-state index contributed by atoms with van der Waals surface area (Å²) in [6.07, 6.45) is 1.41. The predicted molar refractivity (Wildman–Crippen MR) is 109 cm³/mol. The van der Waals surface area contributed by atoms with Gasteiger partial charge in [-0.25, -0.2) is 4.98 Å². The fourth-order valence-corrected chi connectivity index (χ4v) is 3.53. The summed E-state index contributed by atoms with van der Waals surface area (Å²) in [5, 5.41) is 15.0. The highest BCUT2D eigenvalue weighted by atomic mass is 35.5.